The van der Waals surface area contributed by atoms with Crippen molar-refractivity contribution in [3.63, 3.8) is 0 Å². The Kier molecular flexibility index (Phi) is 2.19. The first-order valence-electron chi connectivity index (χ1n) is 4.41. The number of rotatable bonds is 2. The molecule has 2 heterocycles. The molecule has 2 aromatic rings. The predicted molar refractivity (Wildman–Crippen MR) is 55.6 cm³/mol. The average molecular weight is 192 g/mol. The lowest BCUT2D eigenvalue weighted by molar-refractivity contribution is 0.984. The fourth-order valence-electron chi connectivity index (χ4n) is 1.31. The van der Waals surface area contributed by atoms with Crippen molar-refractivity contribution in [3.8, 4) is 5.13 Å². The lowest BCUT2D eigenvalue weighted by atomic mass is 10.3. The molecule has 0 aliphatic heterocycles. The van der Waals surface area contributed by atoms with Crippen LogP contribution in [0.2, 0.25) is 0 Å². The molecule has 0 saturated heterocycles. The summed E-state index contributed by atoms with van der Waals surface area (Å²) in [7, 11) is 0. The third kappa shape index (κ3) is 1.52. The van der Waals surface area contributed by atoms with E-state index >= 15 is 0 Å². The maximum Gasteiger partial charge on any atom is 0.193 e. The van der Waals surface area contributed by atoms with Crippen LogP contribution in [0, 0.1) is 6.92 Å². The van der Waals surface area contributed by atoms with Crippen LogP contribution in [0.3, 0.4) is 0 Å². The second kappa shape index (κ2) is 3.34. The quantitative estimate of drug-likeness (QED) is 0.715. The van der Waals surface area contributed by atoms with Gasteiger partial charge in [0.2, 0.25) is 0 Å². The Morgan fingerprint density at radius 2 is 2.08 bits per heavy atom. The van der Waals surface area contributed by atoms with Crippen molar-refractivity contribution in [2.45, 2.75) is 20.3 Å². The van der Waals surface area contributed by atoms with Crippen molar-refractivity contribution in [2.75, 3.05) is 0 Å². The van der Waals surface area contributed by atoms with Crippen LogP contribution in [-0.4, -0.2) is 9.55 Å². The summed E-state index contributed by atoms with van der Waals surface area (Å²) in [5.74, 6) is 0. The maximum atomic E-state index is 4.55. The van der Waals surface area contributed by atoms with Crippen molar-refractivity contribution in [2.24, 2.45) is 0 Å². The minimum atomic E-state index is 1.02. The van der Waals surface area contributed by atoms with Gasteiger partial charge in [-0.25, -0.2) is 4.98 Å². The zero-order valence-electron chi connectivity index (χ0n) is 7.82. The molecule has 3 heteroatoms. The van der Waals surface area contributed by atoms with Crippen molar-refractivity contribution in [1.29, 1.82) is 0 Å². The average Bonchev–Trinajstić information content (AvgIpc) is 2.71. The Labute approximate surface area is 81.9 Å². The molecule has 2 rings (SSSR count). The van der Waals surface area contributed by atoms with E-state index in [1.54, 1.807) is 11.3 Å². The smallest absolute Gasteiger partial charge is 0.193 e. The van der Waals surface area contributed by atoms with Gasteiger partial charge in [0, 0.05) is 17.3 Å². The van der Waals surface area contributed by atoms with Crippen LogP contribution in [-0.2, 0) is 6.42 Å². The zero-order valence-corrected chi connectivity index (χ0v) is 8.64. The summed E-state index contributed by atoms with van der Waals surface area (Å²) >= 11 is 1.75. The molecule has 2 aromatic heterocycles. The highest BCUT2D eigenvalue weighted by molar-refractivity contribution is 7.14. The number of hydrogen-bond donors (Lipinski definition) is 0. The van der Waals surface area contributed by atoms with E-state index in [1.165, 1.54) is 10.6 Å². The van der Waals surface area contributed by atoms with E-state index in [1.807, 2.05) is 24.5 Å². The number of aryl methyl sites for hydroxylation is 2. The van der Waals surface area contributed by atoms with E-state index in [4.69, 9.17) is 0 Å². The van der Waals surface area contributed by atoms with Gasteiger partial charge in [-0.3, -0.25) is 0 Å². The molecule has 0 N–H and O–H groups in total. The minimum Gasteiger partial charge on any atom is -0.300 e. The van der Waals surface area contributed by atoms with Crippen LogP contribution in [0.15, 0.2) is 24.5 Å². The number of nitrogens with zero attached hydrogens (tertiary/aromatic N) is 2. The normalized spacial score (nSPS) is 10.6. The molecule has 13 heavy (non-hydrogen) atoms. The summed E-state index contributed by atoms with van der Waals surface area (Å²) in [6, 6.07) is 4.03. The zero-order chi connectivity index (χ0) is 9.26. The Balaban J connectivity index is 2.43. The van der Waals surface area contributed by atoms with Gasteiger partial charge in [0.1, 0.15) is 0 Å². The summed E-state index contributed by atoms with van der Waals surface area (Å²) in [6.45, 7) is 4.27. The predicted octanol–water partition coefficient (Wildman–Crippen LogP) is 2.80. The lowest BCUT2D eigenvalue weighted by Gasteiger charge is -1.93. The highest BCUT2D eigenvalue weighted by atomic mass is 32.1. The first-order chi connectivity index (χ1) is 6.31. The van der Waals surface area contributed by atoms with Gasteiger partial charge in [-0.15, -0.1) is 11.3 Å². The van der Waals surface area contributed by atoms with Gasteiger partial charge in [-0.1, -0.05) is 6.92 Å². The molecular weight excluding hydrogens is 180 g/mol. The van der Waals surface area contributed by atoms with E-state index in [0.717, 1.165) is 11.6 Å². The highest BCUT2D eigenvalue weighted by Gasteiger charge is 2.05. The molecule has 0 aliphatic carbocycles. The van der Waals surface area contributed by atoms with Crippen LogP contribution in [0.1, 0.15) is 17.5 Å². The van der Waals surface area contributed by atoms with Gasteiger partial charge in [-0.2, -0.15) is 0 Å². The lowest BCUT2D eigenvalue weighted by Crippen LogP contribution is -1.89. The summed E-state index contributed by atoms with van der Waals surface area (Å²) < 4.78 is 2.05. The SMILES string of the molecule is CCc1nc(-n2cccc2)sc1C. The molecule has 68 valence electrons. The molecule has 0 fully saturated rings. The third-order valence-corrected chi connectivity index (χ3v) is 3.07. The number of aromatic nitrogens is 2. The van der Waals surface area contributed by atoms with E-state index < -0.39 is 0 Å². The van der Waals surface area contributed by atoms with E-state index in [9.17, 15) is 0 Å². The maximum absolute atomic E-state index is 4.55. The molecule has 0 aromatic carbocycles. The first kappa shape index (κ1) is 8.51. The van der Waals surface area contributed by atoms with Crippen LogP contribution in [0.5, 0.6) is 0 Å². The van der Waals surface area contributed by atoms with Gasteiger partial charge in [0.25, 0.3) is 0 Å². The summed E-state index contributed by atoms with van der Waals surface area (Å²) in [5, 5.41) is 1.07. The summed E-state index contributed by atoms with van der Waals surface area (Å²) in [4.78, 5) is 5.88. The van der Waals surface area contributed by atoms with Crippen LogP contribution in [0.25, 0.3) is 5.13 Å². The van der Waals surface area contributed by atoms with Gasteiger partial charge < -0.3 is 4.57 Å². The molecule has 0 radical (unpaired) electrons. The van der Waals surface area contributed by atoms with Crippen LogP contribution in [0.4, 0.5) is 0 Å². The molecule has 0 unspecified atom stereocenters. The standard InChI is InChI=1S/C10H12N2S/c1-3-9-8(2)13-10(11-9)12-6-4-5-7-12/h4-7H,3H2,1-2H3. The Bertz CT molecular complexity index is 387. The Hall–Kier alpha value is -1.09. The summed E-state index contributed by atoms with van der Waals surface area (Å²) in [6.07, 6.45) is 5.07. The molecule has 0 amide bonds. The fourth-order valence-corrected chi connectivity index (χ4v) is 2.28. The van der Waals surface area contributed by atoms with Gasteiger partial charge in [0.15, 0.2) is 5.13 Å². The fraction of sp³-hybridized carbons (Fsp3) is 0.300. The van der Waals surface area contributed by atoms with Crippen molar-refractivity contribution in [3.05, 3.63) is 35.1 Å². The topological polar surface area (TPSA) is 17.8 Å². The third-order valence-electron chi connectivity index (χ3n) is 2.04. The second-order valence-electron chi connectivity index (χ2n) is 2.94. The summed E-state index contributed by atoms with van der Waals surface area (Å²) in [5.41, 5.74) is 1.22. The van der Waals surface area contributed by atoms with Crippen molar-refractivity contribution < 1.29 is 0 Å². The second-order valence-corrected chi connectivity index (χ2v) is 4.12. The minimum absolute atomic E-state index is 1.02. The van der Waals surface area contributed by atoms with Gasteiger partial charge in [0.05, 0.1) is 5.69 Å². The van der Waals surface area contributed by atoms with Gasteiger partial charge >= 0.3 is 0 Å². The van der Waals surface area contributed by atoms with Crippen molar-refractivity contribution in [1.82, 2.24) is 9.55 Å². The number of thiazole rings is 1. The molecule has 0 spiro atoms. The first-order valence-corrected chi connectivity index (χ1v) is 5.22. The highest BCUT2D eigenvalue weighted by Crippen LogP contribution is 2.21. The Morgan fingerprint density at radius 1 is 1.38 bits per heavy atom. The molecule has 0 atom stereocenters. The monoisotopic (exact) mass is 192 g/mol. The molecule has 0 saturated carbocycles. The van der Waals surface area contributed by atoms with E-state index in [2.05, 4.69) is 23.4 Å². The van der Waals surface area contributed by atoms with Crippen LogP contribution < -0.4 is 0 Å². The van der Waals surface area contributed by atoms with E-state index in [0.29, 0.717) is 0 Å². The Morgan fingerprint density at radius 3 is 2.62 bits per heavy atom. The largest absolute Gasteiger partial charge is 0.300 e. The van der Waals surface area contributed by atoms with Crippen molar-refractivity contribution >= 4 is 11.3 Å². The van der Waals surface area contributed by atoms with Crippen LogP contribution >= 0.6 is 11.3 Å². The molecule has 0 aliphatic rings. The van der Waals surface area contributed by atoms with Gasteiger partial charge in [-0.05, 0) is 25.5 Å². The molecular formula is C10H12N2S. The number of hydrogen-bond acceptors (Lipinski definition) is 2. The molecule has 0 bridgehead atoms. The molecule has 2 nitrogen and oxygen atoms in total. The van der Waals surface area contributed by atoms with E-state index in [-0.39, 0.29) is 0 Å².